The second-order valence-corrected chi connectivity index (χ2v) is 8.98. The Bertz CT molecular complexity index is 1010. The molecule has 1 aliphatic heterocycles. The summed E-state index contributed by atoms with van der Waals surface area (Å²) < 4.78 is 6.89. The molecule has 3 aliphatic carbocycles. The molecule has 5 nitrogen and oxygen atoms in total. The van der Waals surface area contributed by atoms with Crippen LogP contribution in [-0.2, 0) is 16.2 Å². The molecule has 6 rings (SSSR count). The number of imide groups is 1. The summed E-state index contributed by atoms with van der Waals surface area (Å²) in [6.45, 7) is 0.454. The molecule has 0 radical (unpaired) electrons. The van der Waals surface area contributed by atoms with Crippen LogP contribution >= 0.6 is 15.9 Å². The highest BCUT2D eigenvalue weighted by Gasteiger charge is 2.56. The van der Waals surface area contributed by atoms with Crippen molar-refractivity contribution in [3.05, 3.63) is 76.3 Å². The normalized spacial score (nSPS) is 27.2. The summed E-state index contributed by atoms with van der Waals surface area (Å²) in [4.78, 5) is 25.7. The number of ether oxygens (including phenoxy) is 1. The van der Waals surface area contributed by atoms with E-state index in [-0.39, 0.29) is 35.5 Å². The lowest BCUT2D eigenvalue weighted by Gasteiger charge is -2.37. The molecule has 1 heterocycles. The van der Waals surface area contributed by atoms with Crippen LogP contribution in [0, 0.1) is 23.7 Å². The maximum atomic E-state index is 12.8. The van der Waals surface area contributed by atoms with Crippen LogP contribution in [0.5, 0.6) is 5.75 Å². The topological polar surface area (TPSA) is 59.0 Å². The molecule has 6 heteroatoms. The van der Waals surface area contributed by atoms with E-state index in [9.17, 15) is 9.59 Å². The van der Waals surface area contributed by atoms with E-state index in [1.165, 1.54) is 0 Å². The largest absolute Gasteiger partial charge is 0.489 e. The van der Waals surface area contributed by atoms with Gasteiger partial charge in [-0.2, -0.15) is 10.1 Å². The van der Waals surface area contributed by atoms with Crippen LogP contribution in [0.2, 0.25) is 0 Å². The number of nitrogens with zero attached hydrogens (tertiary/aromatic N) is 2. The van der Waals surface area contributed by atoms with Crippen molar-refractivity contribution in [1.29, 1.82) is 0 Å². The molecule has 0 N–H and O–H groups in total. The molecular formula is C24H21BrN2O3. The lowest BCUT2D eigenvalue weighted by atomic mass is 9.63. The number of amides is 2. The highest BCUT2D eigenvalue weighted by atomic mass is 79.9. The summed E-state index contributed by atoms with van der Waals surface area (Å²) in [6.07, 6.45) is 7.75. The SMILES string of the molecule is O=C1[C@@H]2[C@@H](C(=O)N1/N=C\c1cccc(OCc3ccc(Br)cc3)c1)[C@H]1C=C[C@@H]2CC1. The van der Waals surface area contributed by atoms with E-state index in [2.05, 4.69) is 33.2 Å². The standard InChI is InChI=1S/C24H21BrN2O3/c25-19-10-4-15(5-11-19)14-30-20-3-1-2-16(12-20)13-26-27-23(28)21-17-6-7-18(9-8-17)22(21)24(27)29/h1-7,10-13,17-18,21-22H,8-9,14H2/b26-13-/t17-,18+,21-,22-/m0/s1. The van der Waals surface area contributed by atoms with E-state index in [4.69, 9.17) is 4.74 Å². The summed E-state index contributed by atoms with van der Waals surface area (Å²) in [5.74, 6) is 0.250. The molecule has 0 spiro atoms. The van der Waals surface area contributed by atoms with Crippen molar-refractivity contribution >= 4 is 34.0 Å². The van der Waals surface area contributed by atoms with E-state index in [0.29, 0.717) is 12.4 Å². The van der Waals surface area contributed by atoms with Gasteiger partial charge in [0, 0.05) is 4.47 Å². The van der Waals surface area contributed by atoms with Gasteiger partial charge in [-0.3, -0.25) is 9.59 Å². The van der Waals surface area contributed by atoms with Crippen molar-refractivity contribution in [2.75, 3.05) is 0 Å². The molecule has 0 unspecified atom stereocenters. The number of allylic oxidation sites excluding steroid dienone is 2. The third-order valence-corrected chi connectivity index (χ3v) is 6.76. The monoisotopic (exact) mass is 464 g/mol. The van der Waals surface area contributed by atoms with Gasteiger partial charge in [0.1, 0.15) is 12.4 Å². The Labute approximate surface area is 183 Å². The average molecular weight is 465 g/mol. The lowest BCUT2D eigenvalue weighted by Crippen LogP contribution is -2.38. The number of carbonyl (C=O) groups is 2. The van der Waals surface area contributed by atoms with Gasteiger partial charge in [0.15, 0.2) is 0 Å². The second-order valence-electron chi connectivity index (χ2n) is 8.06. The van der Waals surface area contributed by atoms with Gasteiger partial charge in [-0.05, 0) is 60.1 Å². The number of fused-ring (bicyclic) bond motifs is 1. The fraction of sp³-hybridized carbons (Fsp3) is 0.292. The van der Waals surface area contributed by atoms with Crippen LogP contribution in [-0.4, -0.2) is 23.0 Å². The Morgan fingerprint density at radius 3 is 2.30 bits per heavy atom. The van der Waals surface area contributed by atoms with Crippen molar-refractivity contribution in [1.82, 2.24) is 5.01 Å². The zero-order valence-corrected chi connectivity index (χ0v) is 17.9. The van der Waals surface area contributed by atoms with Gasteiger partial charge >= 0.3 is 0 Å². The molecule has 1 saturated carbocycles. The Kier molecular flexibility index (Phi) is 5.03. The van der Waals surface area contributed by atoms with Crippen molar-refractivity contribution in [2.45, 2.75) is 19.4 Å². The highest BCUT2D eigenvalue weighted by molar-refractivity contribution is 9.10. The molecule has 0 aromatic heterocycles. The Balaban J connectivity index is 1.28. The fourth-order valence-electron chi connectivity index (χ4n) is 4.73. The molecule has 2 bridgehead atoms. The molecular weight excluding hydrogens is 444 g/mol. The van der Waals surface area contributed by atoms with Gasteiger partial charge in [-0.1, -0.05) is 52.3 Å². The first-order valence-corrected chi connectivity index (χ1v) is 11.0. The maximum absolute atomic E-state index is 12.8. The first-order valence-electron chi connectivity index (χ1n) is 10.2. The summed E-state index contributed by atoms with van der Waals surface area (Å²) in [6, 6.07) is 15.4. The van der Waals surface area contributed by atoms with Crippen LogP contribution in [0.3, 0.4) is 0 Å². The molecule has 2 fully saturated rings. The van der Waals surface area contributed by atoms with E-state index in [1.54, 1.807) is 6.21 Å². The summed E-state index contributed by atoms with van der Waals surface area (Å²) in [5.41, 5.74) is 1.84. The molecule has 30 heavy (non-hydrogen) atoms. The number of hydrazone groups is 1. The lowest BCUT2D eigenvalue weighted by molar-refractivity contribution is -0.140. The number of benzene rings is 2. The van der Waals surface area contributed by atoms with Gasteiger partial charge in [0.05, 0.1) is 18.1 Å². The van der Waals surface area contributed by atoms with Crippen molar-refractivity contribution < 1.29 is 14.3 Å². The van der Waals surface area contributed by atoms with Crippen LogP contribution in [0.25, 0.3) is 0 Å². The van der Waals surface area contributed by atoms with E-state index < -0.39 is 0 Å². The third kappa shape index (κ3) is 3.49. The Hall–Kier alpha value is -2.73. The maximum Gasteiger partial charge on any atom is 0.254 e. The number of hydrogen-bond donors (Lipinski definition) is 0. The molecule has 2 aromatic rings. The first-order chi connectivity index (χ1) is 14.6. The van der Waals surface area contributed by atoms with Gasteiger partial charge in [-0.15, -0.1) is 0 Å². The fourth-order valence-corrected chi connectivity index (χ4v) is 4.99. The second kappa shape index (κ2) is 7.84. The zero-order valence-electron chi connectivity index (χ0n) is 16.3. The summed E-state index contributed by atoms with van der Waals surface area (Å²) in [7, 11) is 0. The van der Waals surface area contributed by atoms with E-state index in [0.717, 1.165) is 33.5 Å². The average Bonchev–Trinajstić information content (AvgIpc) is 3.05. The van der Waals surface area contributed by atoms with Crippen LogP contribution in [0.15, 0.2) is 70.3 Å². The van der Waals surface area contributed by atoms with E-state index in [1.807, 2.05) is 48.5 Å². The van der Waals surface area contributed by atoms with Crippen molar-refractivity contribution in [3.8, 4) is 5.75 Å². The van der Waals surface area contributed by atoms with Gasteiger partial charge in [0.25, 0.3) is 11.8 Å². The van der Waals surface area contributed by atoms with Gasteiger partial charge < -0.3 is 4.74 Å². The molecule has 4 aliphatic rings. The molecule has 2 amide bonds. The van der Waals surface area contributed by atoms with Gasteiger partial charge in [-0.25, -0.2) is 0 Å². The van der Waals surface area contributed by atoms with Crippen LogP contribution in [0.1, 0.15) is 24.0 Å². The minimum Gasteiger partial charge on any atom is -0.489 e. The Morgan fingerprint density at radius 2 is 1.67 bits per heavy atom. The van der Waals surface area contributed by atoms with Crippen LogP contribution in [0.4, 0.5) is 0 Å². The third-order valence-electron chi connectivity index (χ3n) is 6.24. The minimum atomic E-state index is -0.237. The summed E-state index contributed by atoms with van der Waals surface area (Å²) in [5, 5.41) is 5.35. The first kappa shape index (κ1) is 19.2. The quantitative estimate of drug-likeness (QED) is 0.370. The van der Waals surface area contributed by atoms with Crippen LogP contribution < -0.4 is 4.74 Å². The number of rotatable bonds is 5. The van der Waals surface area contributed by atoms with E-state index >= 15 is 0 Å². The molecule has 4 atom stereocenters. The minimum absolute atomic E-state index is 0.164. The smallest absolute Gasteiger partial charge is 0.254 e. The number of hydrogen-bond acceptors (Lipinski definition) is 4. The Morgan fingerprint density at radius 1 is 1.00 bits per heavy atom. The predicted octanol–water partition coefficient (Wildman–Crippen LogP) is 4.56. The molecule has 1 saturated heterocycles. The zero-order chi connectivity index (χ0) is 20.7. The highest BCUT2D eigenvalue weighted by Crippen LogP contribution is 2.49. The van der Waals surface area contributed by atoms with Crippen molar-refractivity contribution in [3.63, 3.8) is 0 Å². The molecule has 152 valence electrons. The van der Waals surface area contributed by atoms with Gasteiger partial charge in [0.2, 0.25) is 0 Å². The predicted molar refractivity (Wildman–Crippen MR) is 117 cm³/mol. The van der Waals surface area contributed by atoms with Crippen molar-refractivity contribution in [2.24, 2.45) is 28.8 Å². The number of halogens is 1. The summed E-state index contributed by atoms with van der Waals surface area (Å²) >= 11 is 3.42. The number of carbonyl (C=O) groups excluding carboxylic acids is 2. The molecule has 2 aromatic carbocycles.